The third-order valence-corrected chi connectivity index (χ3v) is 5.40. The number of amides is 2. The lowest BCUT2D eigenvalue weighted by Gasteiger charge is -2.33. The number of rotatable bonds is 3. The third kappa shape index (κ3) is 4.45. The Kier molecular flexibility index (Phi) is 5.52. The number of furan rings is 1. The van der Waals surface area contributed by atoms with Crippen molar-refractivity contribution in [3.8, 4) is 5.75 Å². The molecular weight excluding hydrogens is 396 g/mol. The van der Waals surface area contributed by atoms with E-state index in [0.29, 0.717) is 36.5 Å². The van der Waals surface area contributed by atoms with E-state index in [1.807, 2.05) is 51.1 Å². The molecule has 2 aromatic carbocycles. The lowest BCUT2D eigenvalue weighted by atomic mass is 9.97. The Morgan fingerprint density at radius 3 is 2.65 bits per heavy atom. The molecule has 1 atom stereocenters. The average molecular weight is 424 g/mol. The first-order valence-electron chi connectivity index (χ1n) is 10.5. The molecule has 0 saturated carbocycles. The number of ether oxygens (including phenoxy) is 2. The van der Waals surface area contributed by atoms with Gasteiger partial charge in [-0.3, -0.25) is 4.79 Å². The van der Waals surface area contributed by atoms with Gasteiger partial charge in [-0.25, -0.2) is 4.79 Å². The molecule has 0 aliphatic carbocycles. The van der Waals surface area contributed by atoms with Gasteiger partial charge >= 0.3 is 6.09 Å². The number of benzene rings is 2. The Morgan fingerprint density at radius 1 is 1.13 bits per heavy atom. The lowest BCUT2D eigenvalue weighted by Crippen LogP contribution is -2.45. The van der Waals surface area contributed by atoms with E-state index < -0.39 is 5.60 Å². The van der Waals surface area contributed by atoms with E-state index in [0.717, 1.165) is 22.8 Å². The highest BCUT2D eigenvalue weighted by Crippen LogP contribution is 2.36. The molecule has 2 heterocycles. The molecule has 7 heteroatoms. The molecule has 2 amide bonds. The summed E-state index contributed by atoms with van der Waals surface area (Å²) in [5, 5.41) is 4.90. The Hall–Kier alpha value is -3.22. The number of anilines is 1. The van der Waals surface area contributed by atoms with Crippen molar-refractivity contribution in [1.82, 2.24) is 4.90 Å². The minimum absolute atomic E-state index is 0.151. The van der Waals surface area contributed by atoms with Crippen LogP contribution < -0.4 is 10.1 Å². The molecule has 164 valence electrons. The van der Waals surface area contributed by atoms with Crippen molar-refractivity contribution in [2.75, 3.05) is 25.5 Å². The zero-order valence-corrected chi connectivity index (χ0v) is 18.4. The largest absolute Gasteiger partial charge is 0.495 e. The first-order valence-corrected chi connectivity index (χ1v) is 10.5. The fourth-order valence-electron chi connectivity index (χ4n) is 3.94. The topological polar surface area (TPSA) is 81.0 Å². The van der Waals surface area contributed by atoms with Crippen LogP contribution in [0.4, 0.5) is 10.5 Å². The zero-order valence-electron chi connectivity index (χ0n) is 18.4. The van der Waals surface area contributed by atoms with Crippen LogP contribution >= 0.6 is 0 Å². The number of piperidine rings is 1. The molecule has 0 unspecified atom stereocenters. The summed E-state index contributed by atoms with van der Waals surface area (Å²) in [7, 11) is 1.57. The van der Waals surface area contributed by atoms with E-state index in [2.05, 4.69) is 5.32 Å². The zero-order chi connectivity index (χ0) is 22.2. The van der Waals surface area contributed by atoms with Gasteiger partial charge in [0, 0.05) is 29.9 Å². The quantitative estimate of drug-likeness (QED) is 0.627. The summed E-state index contributed by atoms with van der Waals surface area (Å²) in [4.78, 5) is 27.0. The van der Waals surface area contributed by atoms with Gasteiger partial charge in [-0.1, -0.05) is 18.2 Å². The van der Waals surface area contributed by atoms with E-state index in [1.54, 1.807) is 18.1 Å². The second-order valence-electron chi connectivity index (χ2n) is 8.90. The Bertz CT molecular complexity index is 1130. The molecule has 0 radical (unpaired) electrons. The molecule has 0 bridgehead atoms. The van der Waals surface area contributed by atoms with Gasteiger partial charge in [0.25, 0.3) is 0 Å². The molecule has 0 spiro atoms. The Balaban J connectivity index is 1.53. The number of para-hydroxylation sites is 1. The van der Waals surface area contributed by atoms with Crippen molar-refractivity contribution in [3.05, 3.63) is 36.4 Å². The van der Waals surface area contributed by atoms with Gasteiger partial charge in [-0.2, -0.15) is 0 Å². The smallest absolute Gasteiger partial charge is 0.410 e. The fraction of sp³-hybridized carbons (Fsp3) is 0.417. The molecule has 31 heavy (non-hydrogen) atoms. The number of fused-ring (bicyclic) bond motifs is 3. The average Bonchev–Trinajstić information content (AvgIpc) is 3.09. The van der Waals surface area contributed by atoms with Crippen LogP contribution in [0.5, 0.6) is 5.75 Å². The van der Waals surface area contributed by atoms with Crippen molar-refractivity contribution >= 4 is 39.6 Å². The lowest BCUT2D eigenvalue weighted by molar-refractivity contribution is -0.121. The van der Waals surface area contributed by atoms with Crippen molar-refractivity contribution in [2.45, 2.75) is 39.2 Å². The SMILES string of the molecule is COc1cc2c(cc1NC(=O)[C@H]1CCCN(C(=O)OC(C)(C)C)C1)oc1ccccc12. The van der Waals surface area contributed by atoms with Crippen LogP contribution in [-0.4, -0.2) is 42.7 Å². The van der Waals surface area contributed by atoms with Crippen LogP contribution in [0.2, 0.25) is 0 Å². The van der Waals surface area contributed by atoms with E-state index in [9.17, 15) is 9.59 Å². The third-order valence-electron chi connectivity index (χ3n) is 5.40. The second kappa shape index (κ2) is 8.13. The predicted octanol–water partition coefficient (Wildman–Crippen LogP) is 5.18. The first kappa shape index (κ1) is 21.0. The Labute approximate surface area is 181 Å². The van der Waals surface area contributed by atoms with Crippen LogP contribution in [0.25, 0.3) is 21.9 Å². The minimum atomic E-state index is -0.568. The number of nitrogens with zero attached hydrogens (tertiary/aromatic N) is 1. The van der Waals surface area contributed by atoms with Crippen molar-refractivity contribution < 1.29 is 23.5 Å². The molecule has 1 aliphatic heterocycles. The highest BCUT2D eigenvalue weighted by Gasteiger charge is 2.31. The maximum Gasteiger partial charge on any atom is 0.410 e. The van der Waals surface area contributed by atoms with Crippen molar-refractivity contribution in [3.63, 3.8) is 0 Å². The summed E-state index contributed by atoms with van der Waals surface area (Å²) in [5.41, 5.74) is 1.44. The van der Waals surface area contributed by atoms with E-state index in [-0.39, 0.29) is 17.9 Å². The van der Waals surface area contributed by atoms with E-state index >= 15 is 0 Å². The molecule has 1 saturated heterocycles. The summed E-state index contributed by atoms with van der Waals surface area (Å²) in [5.74, 6) is 0.0894. The van der Waals surface area contributed by atoms with Crippen LogP contribution in [0.15, 0.2) is 40.8 Å². The number of carbonyl (C=O) groups is 2. The second-order valence-corrected chi connectivity index (χ2v) is 8.90. The molecule has 1 aromatic heterocycles. The highest BCUT2D eigenvalue weighted by molar-refractivity contribution is 6.07. The fourth-order valence-corrected chi connectivity index (χ4v) is 3.94. The molecule has 1 aliphatic rings. The number of hydrogen-bond acceptors (Lipinski definition) is 5. The van der Waals surface area contributed by atoms with Gasteiger partial charge in [0.2, 0.25) is 5.91 Å². The number of carbonyl (C=O) groups excluding carboxylic acids is 2. The normalized spacial score (nSPS) is 17.0. The van der Waals surface area contributed by atoms with E-state index in [1.165, 1.54) is 0 Å². The highest BCUT2D eigenvalue weighted by atomic mass is 16.6. The van der Waals surface area contributed by atoms with Gasteiger partial charge in [0.1, 0.15) is 22.5 Å². The van der Waals surface area contributed by atoms with Crippen molar-refractivity contribution in [1.29, 1.82) is 0 Å². The number of methoxy groups -OCH3 is 1. The number of likely N-dealkylation sites (tertiary alicyclic amines) is 1. The summed E-state index contributed by atoms with van der Waals surface area (Å²) in [6.07, 6.45) is 1.07. The molecule has 3 aromatic rings. The van der Waals surface area contributed by atoms with Gasteiger partial charge in [-0.15, -0.1) is 0 Å². The van der Waals surface area contributed by atoms with Gasteiger partial charge in [0.05, 0.1) is 18.7 Å². The molecular formula is C24H28N2O5. The predicted molar refractivity (Wildman–Crippen MR) is 119 cm³/mol. The minimum Gasteiger partial charge on any atom is -0.495 e. The molecule has 4 rings (SSSR count). The monoisotopic (exact) mass is 424 g/mol. The van der Waals surface area contributed by atoms with Crippen LogP contribution in [0.1, 0.15) is 33.6 Å². The van der Waals surface area contributed by atoms with Crippen molar-refractivity contribution in [2.24, 2.45) is 5.92 Å². The summed E-state index contributed by atoms with van der Waals surface area (Å²) in [6.45, 7) is 6.42. The summed E-state index contributed by atoms with van der Waals surface area (Å²) < 4.78 is 16.9. The summed E-state index contributed by atoms with van der Waals surface area (Å²) >= 11 is 0. The van der Waals surface area contributed by atoms with Crippen LogP contribution in [-0.2, 0) is 9.53 Å². The molecule has 1 N–H and O–H groups in total. The molecule has 7 nitrogen and oxygen atoms in total. The van der Waals surface area contributed by atoms with Gasteiger partial charge in [-0.05, 0) is 45.7 Å². The summed E-state index contributed by atoms with van der Waals surface area (Å²) in [6, 6.07) is 11.5. The Morgan fingerprint density at radius 2 is 1.90 bits per heavy atom. The number of hydrogen-bond donors (Lipinski definition) is 1. The maximum atomic E-state index is 13.0. The first-order chi connectivity index (χ1) is 14.7. The van der Waals surface area contributed by atoms with Crippen LogP contribution in [0, 0.1) is 5.92 Å². The van der Waals surface area contributed by atoms with Gasteiger partial charge in [0.15, 0.2) is 0 Å². The van der Waals surface area contributed by atoms with E-state index in [4.69, 9.17) is 13.9 Å². The maximum absolute atomic E-state index is 13.0. The molecule has 1 fully saturated rings. The van der Waals surface area contributed by atoms with Crippen LogP contribution in [0.3, 0.4) is 0 Å². The standard InChI is InChI=1S/C24H28N2O5/c1-24(2,3)31-23(28)26-11-7-8-15(14-26)22(27)25-18-13-20-17(12-21(18)29-4)16-9-5-6-10-19(16)30-20/h5-6,9-10,12-13,15H,7-8,11,14H2,1-4H3,(H,25,27)/t15-/m0/s1. The van der Waals surface area contributed by atoms with Gasteiger partial charge < -0.3 is 24.1 Å². The number of nitrogens with one attached hydrogen (secondary N) is 1.